The number of amides is 1. The van der Waals surface area contributed by atoms with Crippen molar-refractivity contribution in [3.8, 4) is 0 Å². The molecule has 2 aromatic heterocycles. The van der Waals surface area contributed by atoms with E-state index in [1.165, 1.54) is 0 Å². The summed E-state index contributed by atoms with van der Waals surface area (Å²) in [5, 5.41) is 15.8. The monoisotopic (exact) mass is 262 g/mol. The highest BCUT2D eigenvalue weighted by Crippen LogP contribution is 2.15. The number of carbonyl (C=O) groups is 1. The van der Waals surface area contributed by atoms with Crippen molar-refractivity contribution in [1.82, 2.24) is 19.9 Å². The highest BCUT2D eigenvalue weighted by atomic mass is 16.3. The van der Waals surface area contributed by atoms with Gasteiger partial charge in [-0.3, -0.25) is 4.79 Å². The molecule has 0 aliphatic heterocycles. The largest absolute Gasteiger partial charge is 0.396 e. The zero-order chi connectivity index (χ0) is 14.0. The van der Waals surface area contributed by atoms with Gasteiger partial charge in [0.05, 0.1) is 5.69 Å². The summed E-state index contributed by atoms with van der Waals surface area (Å²) in [6.45, 7) is 6.12. The highest BCUT2D eigenvalue weighted by molar-refractivity contribution is 6.01. The number of aromatic nitrogens is 3. The molecule has 0 saturated carbocycles. The summed E-state index contributed by atoms with van der Waals surface area (Å²) < 4.78 is 1.68. The lowest BCUT2D eigenvalue weighted by Gasteiger charge is -2.04. The molecule has 0 bridgehead atoms. The van der Waals surface area contributed by atoms with Crippen molar-refractivity contribution in [2.45, 2.75) is 27.2 Å². The van der Waals surface area contributed by atoms with Crippen molar-refractivity contribution in [2.24, 2.45) is 0 Å². The van der Waals surface area contributed by atoms with E-state index in [0.717, 1.165) is 11.4 Å². The number of aliphatic hydroxyl groups excluding tert-OH is 1. The van der Waals surface area contributed by atoms with Crippen LogP contribution in [-0.2, 0) is 0 Å². The molecular weight excluding hydrogens is 244 g/mol. The maximum atomic E-state index is 12.2. The van der Waals surface area contributed by atoms with Crippen LogP contribution in [0.2, 0.25) is 0 Å². The first-order chi connectivity index (χ1) is 9.04. The van der Waals surface area contributed by atoms with Crippen LogP contribution in [0.25, 0.3) is 5.65 Å². The normalized spacial score (nSPS) is 10.9. The summed E-state index contributed by atoms with van der Waals surface area (Å²) in [5.41, 5.74) is 3.54. The van der Waals surface area contributed by atoms with Crippen LogP contribution in [0.3, 0.4) is 0 Å². The molecule has 2 N–H and O–H groups in total. The number of carbonyl (C=O) groups excluding carboxylic acids is 1. The van der Waals surface area contributed by atoms with Crippen LogP contribution >= 0.6 is 0 Å². The van der Waals surface area contributed by atoms with E-state index in [9.17, 15) is 4.79 Å². The minimum atomic E-state index is -0.196. The Kier molecular flexibility index (Phi) is 3.80. The van der Waals surface area contributed by atoms with Gasteiger partial charge >= 0.3 is 0 Å². The van der Waals surface area contributed by atoms with E-state index in [2.05, 4.69) is 15.4 Å². The van der Waals surface area contributed by atoms with Gasteiger partial charge in [0.15, 0.2) is 5.65 Å². The highest BCUT2D eigenvalue weighted by Gasteiger charge is 2.19. The molecule has 6 nitrogen and oxygen atoms in total. The minimum absolute atomic E-state index is 0.0600. The number of hydrogen-bond donors (Lipinski definition) is 2. The van der Waals surface area contributed by atoms with Gasteiger partial charge in [0.2, 0.25) is 0 Å². The second-order valence-electron chi connectivity index (χ2n) is 4.57. The Hall–Kier alpha value is -1.95. The molecule has 0 aliphatic carbocycles. The number of aryl methyl sites for hydroxylation is 3. The smallest absolute Gasteiger partial charge is 0.257 e. The Bertz CT molecular complexity index is 619. The summed E-state index contributed by atoms with van der Waals surface area (Å²) in [5.74, 6) is -0.196. The van der Waals surface area contributed by atoms with Gasteiger partial charge in [0, 0.05) is 24.5 Å². The fourth-order valence-electron chi connectivity index (χ4n) is 2.06. The van der Waals surface area contributed by atoms with Crippen LogP contribution < -0.4 is 5.32 Å². The SMILES string of the molecule is Cc1cc(C)n2nc(C)c(C(=O)NCCCO)c2n1. The molecule has 0 unspecified atom stereocenters. The van der Waals surface area contributed by atoms with Gasteiger partial charge in [-0.2, -0.15) is 5.10 Å². The molecular formula is C13H18N4O2. The quantitative estimate of drug-likeness (QED) is 0.797. The van der Waals surface area contributed by atoms with Crippen molar-refractivity contribution < 1.29 is 9.90 Å². The predicted octanol–water partition coefficient (Wildman–Crippen LogP) is 0.767. The van der Waals surface area contributed by atoms with Crippen molar-refractivity contribution >= 4 is 11.6 Å². The average Bonchev–Trinajstić information content (AvgIpc) is 2.66. The van der Waals surface area contributed by atoms with Gasteiger partial charge in [-0.25, -0.2) is 9.50 Å². The fourth-order valence-corrected chi connectivity index (χ4v) is 2.06. The summed E-state index contributed by atoms with van der Waals surface area (Å²) in [4.78, 5) is 16.5. The van der Waals surface area contributed by atoms with E-state index >= 15 is 0 Å². The lowest BCUT2D eigenvalue weighted by molar-refractivity contribution is 0.0952. The zero-order valence-electron chi connectivity index (χ0n) is 11.4. The lowest BCUT2D eigenvalue weighted by Crippen LogP contribution is -2.25. The van der Waals surface area contributed by atoms with E-state index in [0.29, 0.717) is 29.9 Å². The first-order valence-corrected chi connectivity index (χ1v) is 6.27. The van der Waals surface area contributed by atoms with Crippen LogP contribution in [0.4, 0.5) is 0 Å². The third kappa shape index (κ3) is 2.58. The maximum absolute atomic E-state index is 12.2. The molecule has 2 rings (SSSR count). The van der Waals surface area contributed by atoms with Gasteiger partial charge in [-0.15, -0.1) is 0 Å². The molecule has 6 heteroatoms. The Morgan fingerprint density at radius 3 is 2.84 bits per heavy atom. The molecule has 2 aromatic rings. The number of hydrogen-bond acceptors (Lipinski definition) is 4. The van der Waals surface area contributed by atoms with Gasteiger partial charge < -0.3 is 10.4 Å². The summed E-state index contributed by atoms with van der Waals surface area (Å²) >= 11 is 0. The van der Waals surface area contributed by atoms with E-state index in [1.807, 2.05) is 19.9 Å². The first-order valence-electron chi connectivity index (χ1n) is 6.27. The molecule has 19 heavy (non-hydrogen) atoms. The Balaban J connectivity index is 2.42. The molecule has 2 heterocycles. The molecule has 0 radical (unpaired) electrons. The van der Waals surface area contributed by atoms with E-state index in [4.69, 9.17) is 5.11 Å². The lowest BCUT2D eigenvalue weighted by atomic mass is 10.2. The van der Waals surface area contributed by atoms with Crippen LogP contribution in [0.5, 0.6) is 0 Å². The van der Waals surface area contributed by atoms with Crippen molar-refractivity contribution in [1.29, 1.82) is 0 Å². The van der Waals surface area contributed by atoms with Crippen molar-refractivity contribution in [3.05, 3.63) is 28.7 Å². The van der Waals surface area contributed by atoms with E-state index in [1.54, 1.807) is 11.4 Å². The molecule has 0 aliphatic rings. The van der Waals surface area contributed by atoms with E-state index in [-0.39, 0.29) is 12.5 Å². The molecule has 0 saturated heterocycles. The Morgan fingerprint density at radius 1 is 1.42 bits per heavy atom. The predicted molar refractivity (Wildman–Crippen MR) is 71.2 cm³/mol. The first kappa shape index (κ1) is 13.5. The van der Waals surface area contributed by atoms with Gasteiger partial charge in [-0.05, 0) is 33.3 Å². The molecule has 0 atom stereocenters. The molecule has 0 spiro atoms. The number of rotatable bonds is 4. The van der Waals surface area contributed by atoms with Crippen LogP contribution in [0.1, 0.15) is 33.9 Å². The standard InChI is InChI=1S/C13H18N4O2/c1-8-7-9(2)17-12(15-8)11(10(3)16-17)13(19)14-5-4-6-18/h7,18H,4-6H2,1-3H3,(H,14,19). The number of aliphatic hydroxyl groups is 1. The summed E-state index contributed by atoms with van der Waals surface area (Å²) in [6, 6.07) is 1.92. The van der Waals surface area contributed by atoms with Gasteiger partial charge in [-0.1, -0.05) is 0 Å². The molecule has 102 valence electrons. The second-order valence-corrected chi connectivity index (χ2v) is 4.57. The summed E-state index contributed by atoms with van der Waals surface area (Å²) in [6.07, 6.45) is 0.537. The topological polar surface area (TPSA) is 79.5 Å². The van der Waals surface area contributed by atoms with Gasteiger partial charge in [0.25, 0.3) is 5.91 Å². The molecule has 1 amide bonds. The molecule has 0 fully saturated rings. The van der Waals surface area contributed by atoms with Crippen molar-refractivity contribution in [2.75, 3.05) is 13.2 Å². The Labute approximate surface area is 111 Å². The Morgan fingerprint density at radius 2 is 2.16 bits per heavy atom. The second kappa shape index (κ2) is 5.36. The number of fused-ring (bicyclic) bond motifs is 1. The summed E-state index contributed by atoms with van der Waals surface area (Å²) in [7, 11) is 0. The number of nitrogens with one attached hydrogen (secondary N) is 1. The van der Waals surface area contributed by atoms with Crippen LogP contribution in [0.15, 0.2) is 6.07 Å². The average molecular weight is 262 g/mol. The van der Waals surface area contributed by atoms with Crippen LogP contribution in [-0.4, -0.2) is 38.8 Å². The van der Waals surface area contributed by atoms with Crippen molar-refractivity contribution in [3.63, 3.8) is 0 Å². The zero-order valence-corrected chi connectivity index (χ0v) is 11.4. The third-order valence-corrected chi connectivity index (χ3v) is 2.92. The third-order valence-electron chi connectivity index (χ3n) is 2.92. The van der Waals surface area contributed by atoms with Crippen LogP contribution in [0, 0.1) is 20.8 Å². The maximum Gasteiger partial charge on any atom is 0.257 e. The minimum Gasteiger partial charge on any atom is -0.396 e. The van der Waals surface area contributed by atoms with E-state index < -0.39 is 0 Å². The van der Waals surface area contributed by atoms with Gasteiger partial charge in [0.1, 0.15) is 5.56 Å². The fraction of sp³-hybridized carbons (Fsp3) is 0.462. The number of nitrogens with zero attached hydrogens (tertiary/aromatic N) is 3. The molecule has 0 aromatic carbocycles.